The number of hydrogen-bond acceptors (Lipinski definition) is 4. The average Bonchev–Trinajstić information content (AvgIpc) is 2.39. The number of nitrogens with two attached hydrogens (primary N) is 1. The summed E-state index contributed by atoms with van der Waals surface area (Å²) in [5, 5.41) is 5.62. The van der Waals surface area contributed by atoms with Crippen LogP contribution in [-0.2, 0) is 11.3 Å². The minimum absolute atomic E-state index is 0.129. The van der Waals surface area contributed by atoms with Crippen LogP contribution >= 0.6 is 0 Å². The molecule has 19 heavy (non-hydrogen) atoms. The summed E-state index contributed by atoms with van der Waals surface area (Å²) in [7, 11) is 0. The molecule has 0 spiro atoms. The Hall–Kier alpha value is -1.93. The van der Waals surface area contributed by atoms with E-state index in [9.17, 15) is 18.0 Å². The highest BCUT2D eigenvalue weighted by atomic mass is 19.4. The van der Waals surface area contributed by atoms with Crippen molar-refractivity contribution >= 4 is 17.7 Å². The number of nitrogen functional groups attached to an aromatic ring is 1. The van der Waals surface area contributed by atoms with Gasteiger partial charge in [-0.1, -0.05) is 0 Å². The Morgan fingerprint density at radius 2 is 2.05 bits per heavy atom. The summed E-state index contributed by atoms with van der Waals surface area (Å²) in [5.41, 5.74) is 4.55. The number of nitrogens with zero attached hydrogens (tertiary/aromatic N) is 2. The second-order valence-electron chi connectivity index (χ2n) is 4.85. The van der Waals surface area contributed by atoms with Crippen LogP contribution in [-0.4, -0.2) is 27.7 Å². The lowest BCUT2D eigenvalue weighted by molar-refractivity contribution is -0.142. The van der Waals surface area contributed by atoms with Gasteiger partial charge in [-0.2, -0.15) is 18.3 Å². The maximum absolute atomic E-state index is 12.3. The van der Waals surface area contributed by atoms with Gasteiger partial charge < -0.3 is 10.5 Å². The zero-order valence-electron chi connectivity index (χ0n) is 10.7. The van der Waals surface area contributed by atoms with Crippen LogP contribution in [0.4, 0.5) is 29.6 Å². The zero-order valence-corrected chi connectivity index (χ0v) is 10.7. The molecular formula is C10H15F3N4O2. The summed E-state index contributed by atoms with van der Waals surface area (Å²) in [6, 6.07) is 1.12. The third-order valence-corrected chi connectivity index (χ3v) is 1.76. The first-order valence-corrected chi connectivity index (χ1v) is 5.36. The van der Waals surface area contributed by atoms with E-state index < -0.39 is 24.4 Å². The maximum Gasteiger partial charge on any atom is 0.413 e. The minimum atomic E-state index is -4.47. The van der Waals surface area contributed by atoms with Crippen LogP contribution in [0.15, 0.2) is 6.07 Å². The van der Waals surface area contributed by atoms with Crippen molar-refractivity contribution in [2.75, 3.05) is 11.1 Å². The van der Waals surface area contributed by atoms with E-state index in [-0.39, 0.29) is 11.6 Å². The molecule has 0 aliphatic rings. The normalized spacial score (nSPS) is 12.3. The molecule has 3 N–H and O–H groups in total. The lowest BCUT2D eigenvalue weighted by atomic mass is 10.2. The third kappa shape index (κ3) is 5.49. The fourth-order valence-corrected chi connectivity index (χ4v) is 1.24. The SMILES string of the molecule is CC(C)(C)OC(=O)Nc1cc(N)nn1CC(F)(F)F. The van der Waals surface area contributed by atoms with Gasteiger partial charge in [-0.05, 0) is 20.8 Å². The van der Waals surface area contributed by atoms with Crippen LogP contribution in [0.3, 0.4) is 0 Å². The number of alkyl halides is 3. The Kier molecular flexibility index (Phi) is 3.97. The van der Waals surface area contributed by atoms with Crippen molar-refractivity contribution in [1.29, 1.82) is 0 Å². The van der Waals surface area contributed by atoms with Crippen LogP contribution < -0.4 is 11.1 Å². The molecule has 6 nitrogen and oxygen atoms in total. The fraction of sp³-hybridized carbons (Fsp3) is 0.600. The van der Waals surface area contributed by atoms with Crippen molar-refractivity contribution in [2.24, 2.45) is 0 Å². The second-order valence-corrected chi connectivity index (χ2v) is 4.85. The standard InChI is InChI=1S/C10H15F3N4O2/c1-9(2,3)19-8(18)15-7-4-6(14)16-17(7)5-10(11,12)13/h4H,5H2,1-3H3,(H2,14,16)(H,15,18). The van der Waals surface area contributed by atoms with Gasteiger partial charge >= 0.3 is 12.3 Å². The van der Waals surface area contributed by atoms with Gasteiger partial charge in [-0.25, -0.2) is 9.48 Å². The number of halogens is 3. The number of carbonyl (C=O) groups excluding carboxylic acids is 1. The summed E-state index contributed by atoms with van der Waals surface area (Å²) >= 11 is 0. The molecule has 108 valence electrons. The van der Waals surface area contributed by atoms with Gasteiger partial charge in [-0.3, -0.25) is 5.32 Å². The fourth-order valence-electron chi connectivity index (χ4n) is 1.24. The summed E-state index contributed by atoms with van der Waals surface area (Å²) < 4.78 is 42.4. The Morgan fingerprint density at radius 1 is 1.47 bits per heavy atom. The van der Waals surface area contributed by atoms with E-state index in [2.05, 4.69) is 10.4 Å². The molecule has 0 fully saturated rings. The molecule has 1 heterocycles. The number of aromatic nitrogens is 2. The number of hydrogen-bond donors (Lipinski definition) is 2. The van der Waals surface area contributed by atoms with Crippen molar-refractivity contribution in [1.82, 2.24) is 9.78 Å². The highest BCUT2D eigenvalue weighted by Crippen LogP contribution is 2.22. The molecule has 0 bridgehead atoms. The van der Waals surface area contributed by atoms with Crippen LogP contribution in [0.25, 0.3) is 0 Å². The lowest BCUT2D eigenvalue weighted by Gasteiger charge is -2.20. The van der Waals surface area contributed by atoms with E-state index >= 15 is 0 Å². The average molecular weight is 280 g/mol. The van der Waals surface area contributed by atoms with E-state index in [4.69, 9.17) is 10.5 Å². The Morgan fingerprint density at radius 3 is 2.53 bits per heavy atom. The van der Waals surface area contributed by atoms with E-state index in [1.54, 1.807) is 20.8 Å². The predicted molar refractivity (Wildman–Crippen MR) is 62.6 cm³/mol. The van der Waals surface area contributed by atoms with Gasteiger partial charge in [0.2, 0.25) is 0 Å². The van der Waals surface area contributed by atoms with Gasteiger partial charge in [0.25, 0.3) is 0 Å². The molecule has 1 aromatic rings. The number of amides is 1. The van der Waals surface area contributed by atoms with Crippen LogP contribution in [0.1, 0.15) is 20.8 Å². The molecular weight excluding hydrogens is 265 g/mol. The summed E-state index contributed by atoms with van der Waals surface area (Å²) in [6.45, 7) is 3.55. The maximum atomic E-state index is 12.3. The molecule has 0 aromatic carbocycles. The molecule has 1 rings (SSSR count). The smallest absolute Gasteiger partial charge is 0.413 e. The molecule has 1 aromatic heterocycles. The first-order chi connectivity index (χ1) is 8.46. The molecule has 0 atom stereocenters. The van der Waals surface area contributed by atoms with Gasteiger partial charge in [0, 0.05) is 6.07 Å². The molecule has 0 saturated heterocycles. The highest BCUT2D eigenvalue weighted by molar-refractivity contribution is 5.84. The van der Waals surface area contributed by atoms with Gasteiger partial charge in [0.15, 0.2) is 0 Å². The predicted octanol–water partition coefficient (Wildman–Crippen LogP) is 2.37. The van der Waals surface area contributed by atoms with Crippen molar-refractivity contribution in [3.63, 3.8) is 0 Å². The largest absolute Gasteiger partial charge is 0.444 e. The number of ether oxygens (including phenoxy) is 1. The quantitative estimate of drug-likeness (QED) is 0.871. The van der Waals surface area contributed by atoms with Crippen molar-refractivity contribution < 1.29 is 22.7 Å². The molecule has 1 amide bonds. The van der Waals surface area contributed by atoms with Crippen molar-refractivity contribution in [3.8, 4) is 0 Å². The van der Waals surface area contributed by atoms with Gasteiger partial charge in [-0.15, -0.1) is 0 Å². The molecule has 0 aliphatic carbocycles. The van der Waals surface area contributed by atoms with Gasteiger partial charge in [0.05, 0.1) is 0 Å². The first-order valence-electron chi connectivity index (χ1n) is 5.36. The van der Waals surface area contributed by atoms with E-state index in [0.717, 1.165) is 6.07 Å². The van der Waals surface area contributed by atoms with Crippen molar-refractivity contribution in [2.45, 2.75) is 39.1 Å². The minimum Gasteiger partial charge on any atom is -0.444 e. The Bertz CT molecular complexity index is 462. The lowest BCUT2D eigenvalue weighted by Crippen LogP contribution is -2.29. The Labute approximate surface area is 107 Å². The molecule has 9 heteroatoms. The zero-order chi connectivity index (χ0) is 14.8. The number of rotatable bonds is 2. The van der Waals surface area contributed by atoms with E-state index in [1.165, 1.54) is 0 Å². The molecule has 0 unspecified atom stereocenters. The monoisotopic (exact) mass is 280 g/mol. The first kappa shape index (κ1) is 15.1. The topological polar surface area (TPSA) is 82.2 Å². The number of anilines is 2. The third-order valence-electron chi connectivity index (χ3n) is 1.76. The van der Waals surface area contributed by atoms with Crippen LogP contribution in [0.5, 0.6) is 0 Å². The number of carbonyl (C=O) groups is 1. The summed E-state index contributed by atoms with van der Waals surface area (Å²) in [6.07, 6.45) is -5.35. The second kappa shape index (κ2) is 4.98. The summed E-state index contributed by atoms with van der Waals surface area (Å²) in [5.74, 6) is -0.306. The van der Waals surface area contributed by atoms with E-state index in [0.29, 0.717) is 4.68 Å². The highest BCUT2D eigenvalue weighted by Gasteiger charge is 2.30. The van der Waals surface area contributed by atoms with E-state index in [1.807, 2.05) is 0 Å². The van der Waals surface area contributed by atoms with Crippen LogP contribution in [0.2, 0.25) is 0 Å². The number of nitrogens with one attached hydrogen (secondary N) is 1. The molecule has 0 saturated carbocycles. The Balaban J connectivity index is 2.81. The molecule has 0 radical (unpaired) electrons. The van der Waals surface area contributed by atoms with Crippen LogP contribution in [0, 0.1) is 0 Å². The summed E-state index contributed by atoms with van der Waals surface area (Å²) in [4.78, 5) is 11.5. The van der Waals surface area contributed by atoms with Gasteiger partial charge in [0.1, 0.15) is 23.8 Å². The van der Waals surface area contributed by atoms with Crippen molar-refractivity contribution in [3.05, 3.63) is 6.07 Å². The molecule has 0 aliphatic heterocycles.